The molecule has 1 N–H and O–H groups in total. The lowest BCUT2D eigenvalue weighted by molar-refractivity contribution is 0.390. The van der Waals surface area contributed by atoms with Gasteiger partial charge in [-0.3, -0.25) is 0 Å². The summed E-state index contributed by atoms with van der Waals surface area (Å²) in [5.74, 6) is 2.13. The molecule has 0 saturated carbocycles. The highest BCUT2D eigenvalue weighted by Crippen LogP contribution is 2.22. The predicted molar refractivity (Wildman–Crippen MR) is 79.3 cm³/mol. The lowest BCUT2D eigenvalue weighted by Gasteiger charge is -2.13. The van der Waals surface area contributed by atoms with Crippen molar-refractivity contribution < 1.29 is 4.42 Å². The molecular formula is C17H23NO. The van der Waals surface area contributed by atoms with Crippen LogP contribution < -0.4 is 5.32 Å². The molecular weight excluding hydrogens is 234 g/mol. The minimum absolute atomic E-state index is 0.323. The Kier molecular flexibility index (Phi) is 5.22. The molecule has 0 aliphatic carbocycles. The molecule has 2 rings (SSSR count). The zero-order chi connectivity index (χ0) is 13.5. The van der Waals surface area contributed by atoms with Gasteiger partial charge >= 0.3 is 0 Å². The number of furan rings is 1. The van der Waals surface area contributed by atoms with Gasteiger partial charge in [0.1, 0.15) is 11.5 Å². The van der Waals surface area contributed by atoms with Crippen molar-refractivity contribution in [2.45, 2.75) is 38.6 Å². The second-order valence-electron chi connectivity index (χ2n) is 4.88. The largest absolute Gasteiger partial charge is 0.464 e. The minimum atomic E-state index is 0.323. The summed E-state index contributed by atoms with van der Waals surface area (Å²) in [4.78, 5) is 0. The Labute approximate surface area is 115 Å². The van der Waals surface area contributed by atoms with E-state index in [4.69, 9.17) is 4.42 Å². The van der Waals surface area contributed by atoms with E-state index in [9.17, 15) is 0 Å². The molecule has 0 aliphatic heterocycles. The maximum Gasteiger partial charge on any atom is 0.121 e. The van der Waals surface area contributed by atoms with E-state index in [-0.39, 0.29) is 0 Å². The Balaban J connectivity index is 1.86. The quantitative estimate of drug-likeness (QED) is 0.807. The zero-order valence-corrected chi connectivity index (χ0v) is 11.9. The minimum Gasteiger partial charge on any atom is -0.464 e. The van der Waals surface area contributed by atoms with Crippen LogP contribution in [0.3, 0.4) is 0 Å². The van der Waals surface area contributed by atoms with E-state index in [2.05, 4.69) is 54.7 Å². The maximum absolute atomic E-state index is 5.83. The van der Waals surface area contributed by atoms with Crippen LogP contribution in [-0.4, -0.2) is 7.05 Å². The fraction of sp³-hybridized carbons (Fsp3) is 0.412. The van der Waals surface area contributed by atoms with Crippen LogP contribution in [0.4, 0.5) is 0 Å². The Morgan fingerprint density at radius 1 is 1.11 bits per heavy atom. The second kappa shape index (κ2) is 7.15. The van der Waals surface area contributed by atoms with Crippen LogP contribution >= 0.6 is 0 Å². The van der Waals surface area contributed by atoms with Gasteiger partial charge in [-0.2, -0.15) is 0 Å². The number of hydrogen-bond donors (Lipinski definition) is 1. The summed E-state index contributed by atoms with van der Waals surface area (Å²) in [5, 5.41) is 3.35. The topological polar surface area (TPSA) is 25.2 Å². The molecule has 0 amide bonds. The fourth-order valence-electron chi connectivity index (χ4n) is 2.36. The molecule has 2 aromatic rings. The van der Waals surface area contributed by atoms with E-state index in [1.807, 2.05) is 7.05 Å². The summed E-state index contributed by atoms with van der Waals surface area (Å²) in [6.07, 6.45) is 4.35. The van der Waals surface area contributed by atoms with Crippen molar-refractivity contribution >= 4 is 0 Å². The van der Waals surface area contributed by atoms with Crippen LogP contribution in [0, 0.1) is 0 Å². The number of hydrogen-bond acceptors (Lipinski definition) is 2. The molecule has 1 atom stereocenters. The average Bonchev–Trinajstić information content (AvgIpc) is 2.93. The van der Waals surface area contributed by atoms with Gasteiger partial charge in [0.2, 0.25) is 0 Å². The van der Waals surface area contributed by atoms with Crippen molar-refractivity contribution in [2.75, 3.05) is 7.05 Å². The number of nitrogens with one attached hydrogen (secondary N) is 1. The van der Waals surface area contributed by atoms with Gasteiger partial charge in [-0.1, -0.05) is 37.3 Å². The van der Waals surface area contributed by atoms with Crippen molar-refractivity contribution in [1.29, 1.82) is 0 Å². The van der Waals surface area contributed by atoms with Gasteiger partial charge in [0, 0.05) is 6.42 Å². The van der Waals surface area contributed by atoms with Gasteiger partial charge in [0.05, 0.1) is 6.04 Å². The second-order valence-corrected chi connectivity index (χ2v) is 4.88. The molecule has 1 aromatic carbocycles. The Morgan fingerprint density at radius 3 is 2.53 bits per heavy atom. The zero-order valence-electron chi connectivity index (χ0n) is 11.9. The lowest BCUT2D eigenvalue weighted by atomic mass is 10.0. The van der Waals surface area contributed by atoms with Crippen LogP contribution in [0.25, 0.3) is 0 Å². The van der Waals surface area contributed by atoms with Gasteiger partial charge < -0.3 is 9.73 Å². The van der Waals surface area contributed by atoms with Crippen molar-refractivity contribution in [3.63, 3.8) is 0 Å². The smallest absolute Gasteiger partial charge is 0.121 e. The summed E-state index contributed by atoms with van der Waals surface area (Å²) < 4.78 is 5.83. The molecule has 102 valence electrons. The molecule has 0 spiro atoms. The molecule has 1 heterocycles. The summed E-state index contributed by atoms with van der Waals surface area (Å²) in [6, 6.07) is 15.2. The summed E-state index contributed by atoms with van der Waals surface area (Å²) >= 11 is 0. The van der Waals surface area contributed by atoms with Crippen LogP contribution in [0.15, 0.2) is 46.9 Å². The average molecular weight is 257 g/mol. The lowest BCUT2D eigenvalue weighted by Crippen LogP contribution is -2.15. The Hall–Kier alpha value is -1.54. The van der Waals surface area contributed by atoms with Crippen molar-refractivity contribution in [3.8, 4) is 0 Å². The molecule has 2 heteroatoms. The highest BCUT2D eigenvalue weighted by atomic mass is 16.3. The number of rotatable bonds is 7. The van der Waals surface area contributed by atoms with Gasteiger partial charge in [0.25, 0.3) is 0 Å². The van der Waals surface area contributed by atoms with Gasteiger partial charge in [-0.05, 0) is 44.0 Å². The van der Waals surface area contributed by atoms with E-state index in [1.54, 1.807) is 0 Å². The molecule has 1 aromatic heterocycles. The van der Waals surface area contributed by atoms with Crippen LogP contribution in [0.1, 0.15) is 42.9 Å². The van der Waals surface area contributed by atoms with Crippen molar-refractivity contribution in [3.05, 3.63) is 59.5 Å². The highest BCUT2D eigenvalue weighted by Gasteiger charge is 2.12. The molecule has 19 heavy (non-hydrogen) atoms. The van der Waals surface area contributed by atoms with E-state index >= 15 is 0 Å². The normalized spacial score (nSPS) is 12.5. The monoisotopic (exact) mass is 257 g/mol. The molecule has 2 nitrogen and oxygen atoms in total. The maximum atomic E-state index is 5.83. The van der Waals surface area contributed by atoms with Gasteiger partial charge in [-0.15, -0.1) is 0 Å². The third-order valence-electron chi connectivity index (χ3n) is 3.52. The van der Waals surface area contributed by atoms with E-state index in [1.165, 1.54) is 5.56 Å². The first kappa shape index (κ1) is 13.9. The number of aryl methyl sites for hydroxylation is 2. The first-order valence-corrected chi connectivity index (χ1v) is 7.13. The fourth-order valence-corrected chi connectivity index (χ4v) is 2.36. The van der Waals surface area contributed by atoms with Crippen LogP contribution in [0.2, 0.25) is 0 Å². The predicted octanol–water partition coefficient (Wildman–Crippen LogP) is 4.13. The number of benzene rings is 1. The highest BCUT2D eigenvalue weighted by molar-refractivity contribution is 5.15. The van der Waals surface area contributed by atoms with E-state index in [0.717, 1.165) is 37.2 Å². The first-order chi connectivity index (χ1) is 9.33. The molecule has 0 radical (unpaired) electrons. The molecule has 0 saturated heterocycles. The molecule has 0 bridgehead atoms. The van der Waals surface area contributed by atoms with E-state index in [0.29, 0.717) is 6.04 Å². The van der Waals surface area contributed by atoms with Crippen LogP contribution in [-0.2, 0) is 12.8 Å². The molecule has 0 fully saturated rings. The summed E-state index contributed by atoms with van der Waals surface area (Å²) in [5.41, 5.74) is 1.41. The Bertz CT molecular complexity index is 475. The molecule has 0 aliphatic rings. The standard InChI is InChI=1S/C17H23NO/c1-3-15-12-13-17(19-15)16(18-2)11-7-10-14-8-5-4-6-9-14/h4-6,8-9,12-13,16,18H,3,7,10-11H2,1-2H3. The van der Waals surface area contributed by atoms with Crippen LogP contribution in [0.5, 0.6) is 0 Å². The van der Waals surface area contributed by atoms with Gasteiger partial charge in [-0.25, -0.2) is 0 Å². The third-order valence-corrected chi connectivity index (χ3v) is 3.52. The molecule has 1 unspecified atom stereocenters. The first-order valence-electron chi connectivity index (χ1n) is 7.13. The third kappa shape index (κ3) is 3.97. The summed E-state index contributed by atoms with van der Waals surface area (Å²) in [7, 11) is 2.00. The van der Waals surface area contributed by atoms with Gasteiger partial charge in [0.15, 0.2) is 0 Å². The summed E-state index contributed by atoms with van der Waals surface area (Å²) in [6.45, 7) is 2.12. The SMILES string of the molecule is CCc1ccc(C(CCCc2ccccc2)NC)o1. The van der Waals surface area contributed by atoms with Crippen molar-refractivity contribution in [1.82, 2.24) is 5.32 Å². The Morgan fingerprint density at radius 2 is 1.89 bits per heavy atom. The van der Waals surface area contributed by atoms with E-state index < -0.39 is 0 Å². The van der Waals surface area contributed by atoms with Crippen molar-refractivity contribution in [2.24, 2.45) is 0 Å².